The van der Waals surface area contributed by atoms with Crippen molar-refractivity contribution in [3.8, 4) is 5.75 Å². The van der Waals surface area contributed by atoms with Gasteiger partial charge in [0.25, 0.3) is 0 Å². The zero-order valence-corrected chi connectivity index (χ0v) is 11.3. The van der Waals surface area contributed by atoms with Crippen LogP contribution in [0.1, 0.15) is 32.6 Å². The Balaban J connectivity index is 1.76. The van der Waals surface area contributed by atoms with Crippen LogP contribution in [-0.2, 0) is 9.53 Å². The molecule has 0 aliphatic heterocycles. The van der Waals surface area contributed by atoms with Crippen LogP contribution in [0.3, 0.4) is 0 Å². The topological polar surface area (TPSA) is 61.5 Å². The Labute approximate surface area is 113 Å². The summed E-state index contributed by atoms with van der Waals surface area (Å²) >= 11 is 0. The lowest BCUT2D eigenvalue weighted by Gasteiger charge is -2.28. The van der Waals surface area contributed by atoms with Crippen LogP contribution in [-0.4, -0.2) is 18.7 Å². The Morgan fingerprint density at radius 1 is 1.26 bits per heavy atom. The van der Waals surface area contributed by atoms with Crippen LogP contribution in [0.4, 0.5) is 5.69 Å². The van der Waals surface area contributed by atoms with Crippen molar-refractivity contribution in [1.29, 1.82) is 0 Å². The number of carbonyl (C=O) groups excluding carboxylic acids is 1. The molecule has 2 rings (SSSR count). The number of benzene rings is 1. The Hall–Kier alpha value is -1.71. The van der Waals surface area contributed by atoms with Crippen molar-refractivity contribution in [2.45, 2.75) is 38.7 Å². The van der Waals surface area contributed by atoms with E-state index in [0.29, 0.717) is 17.4 Å². The van der Waals surface area contributed by atoms with E-state index in [-0.39, 0.29) is 18.7 Å². The highest BCUT2D eigenvalue weighted by atomic mass is 16.6. The van der Waals surface area contributed by atoms with Crippen molar-refractivity contribution < 1.29 is 14.3 Å². The molecule has 4 nitrogen and oxygen atoms in total. The van der Waals surface area contributed by atoms with E-state index in [1.165, 1.54) is 6.42 Å². The number of nitrogens with two attached hydrogens (primary N) is 1. The molecular formula is C15H21NO3. The van der Waals surface area contributed by atoms with Gasteiger partial charge in [0, 0.05) is 5.69 Å². The molecule has 0 amide bonds. The minimum Gasteiger partial charge on any atom is -0.482 e. The number of carbonyl (C=O) groups is 1. The highest BCUT2D eigenvalue weighted by Gasteiger charge is 2.24. The summed E-state index contributed by atoms with van der Waals surface area (Å²) in [4.78, 5) is 11.7. The summed E-state index contributed by atoms with van der Waals surface area (Å²) in [6.07, 6.45) is 4.53. The highest BCUT2D eigenvalue weighted by Crippen LogP contribution is 2.26. The summed E-state index contributed by atoms with van der Waals surface area (Å²) in [5.74, 6) is 0.785. The first-order chi connectivity index (χ1) is 9.15. The number of hydrogen-bond acceptors (Lipinski definition) is 4. The molecule has 0 saturated heterocycles. The van der Waals surface area contributed by atoms with E-state index in [0.717, 1.165) is 19.3 Å². The maximum atomic E-state index is 11.7. The second-order valence-corrected chi connectivity index (χ2v) is 5.15. The summed E-state index contributed by atoms with van der Waals surface area (Å²) in [5, 5.41) is 0. The Bertz CT molecular complexity index is 416. The van der Waals surface area contributed by atoms with Gasteiger partial charge in [0.1, 0.15) is 11.9 Å². The third-order valence-electron chi connectivity index (χ3n) is 3.55. The Kier molecular flexibility index (Phi) is 4.66. The smallest absolute Gasteiger partial charge is 0.344 e. The molecule has 104 valence electrons. The van der Waals surface area contributed by atoms with Gasteiger partial charge < -0.3 is 15.2 Å². The molecule has 1 aliphatic carbocycles. The van der Waals surface area contributed by atoms with Gasteiger partial charge in [0.2, 0.25) is 0 Å². The average Bonchev–Trinajstić information content (AvgIpc) is 2.41. The van der Waals surface area contributed by atoms with E-state index < -0.39 is 0 Å². The van der Waals surface area contributed by atoms with Crippen molar-refractivity contribution in [3.05, 3.63) is 24.3 Å². The molecule has 4 heteroatoms. The van der Waals surface area contributed by atoms with Crippen LogP contribution < -0.4 is 10.5 Å². The van der Waals surface area contributed by atoms with Gasteiger partial charge in [-0.25, -0.2) is 4.79 Å². The summed E-state index contributed by atoms with van der Waals surface area (Å²) in [7, 11) is 0. The van der Waals surface area contributed by atoms with E-state index >= 15 is 0 Å². The largest absolute Gasteiger partial charge is 0.482 e. The molecule has 19 heavy (non-hydrogen) atoms. The van der Waals surface area contributed by atoms with E-state index in [9.17, 15) is 4.79 Å². The zero-order valence-electron chi connectivity index (χ0n) is 11.3. The summed E-state index contributed by atoms with van der Waals surface area (Å²) in [5.41, 5.74) is 6.25. The molecule has 1 aromatic rings. The van der Waals surface area contributed by atoms with Crippen LogP contribution in [0.25, 0.3) is 0 Å². The predicted molar refractivity (Wildman–Crippen MR) is 73.9 cm³/mol. The zero-order chi connectivity index (χ0) is 13.7. The number of anilines is 1. The first-order valence-electron chi connectivity index (χ1n) is 6.83. The van der Waals surface area contributed by atoms with E-state index in [2.05, 4.69) is 6.92 Å². The lowest BCUT2D eigenvalue weighted by molar-refractivity contribution is -0.155. The fourth-order valence-corrected chi connectivity index (χ4v) is 2.37. The van der Waals surface area contributed by atoms with Crippen LogP contribution >= 0.6 is 0 Å². The van der Waals surface area contributed by atoms with E-state index in [1.807, 2.05) is 0 Å². The van der Waals surface area contributed by atoms with Gasteiger partial charge in [-0.1, -0.05) is 13.3 Å². The molecule has 1 aromatic carbocycles. The van der Waals surface area contributed by atoms with Crippen molar-refractivity contribution in [1.82, 2.24) is 0 Å². The van der Waals surface area contributed by atoms with Gasteiger partial charge in [-0.3, -0.25) is 0 Å². The highest BCUT2D eigenvalue weighted by molar-refractivity contribution is 5.71. The monoisotopic (exact) mass is 263 g/mol. The number of esters is 1. The third-order valence-corrected chi connectivity index (χ3v) is 3.55. The average molecular weight is 263 g/mol. The van der Waals surface area contributed by atoms with Gasteiger partial charge in [-0.05, 0) is 49.4 Å². The second kappa shape index (κ2) is 6.45. The van der Waals surface area contributed by atoms with Crippen LogP contribution in [0.2, 0.25) is 0 Å². The minimum atomic E-state index is -0.296. The standard InChI is InChI=1S/C15H21NO3/c1-11-4-2-3-5-14(11)19-15(17)10-18-13-8-6-12(16)7-9-13/h6-9,11,14H,2-5,10,16H2,1H3. The molecule has 0 aromatic heterocycles. The van der Waals surface area contributed by atoms with Crippen molar-refractivity contribution >= 4 is 11.7 Å². The lowest BCUT2D eigenvalue weighted by Crippen LogP contribution is -2.30. The van der Waals surface area contributed by atoms with E-state index in [1.54, 1.807) is 24.3 Å². The molecular weight excluding hydrogens is 242 g/mol. The summed E-state index contributed by atoms with van der Waals surface area (Å²) in [6.45, 7) is 2.09. The number of nitrogen functional groups attached to an aromatic ring is 1. The Morgan fingerprint density at radius 3 is 2.63 bits per heavy atom. The second-order valence-electron chi connectivity index (χ2n) is 5.15. The molecule has 0 radical (unpaired) electrons. The summed E-state index contributed by atoms with van der Waals surface area (Å²) < 4.78 is 10.8. The normalized spacial score (nSPS) is 22.8. The molecule has 2 atom stereocenters. The van der Waals surface area contributed by atoms with Crippen molar-refractivity contribution in [2.75, 3.05) is 12.3 Å². The van der Waals surface area contributed by atoms with E-state index in [4.69, 9.17) is 15.2 Å². The molecule has 0 spiro atoms. The third kappa shape index (κ3) is 4.16. The van der Waals surface area contributed by atoms with Crippen LogP contribution in [0.15, 0.2) is 24.3 Å². The quantitative estimate of drug-likeness (QED) is 0.670. The maximum absolute atomic E-state index is 11.7. The van der Waals surface area contributed by atoms with Gasteiger partial charge >= 0.3 is 5.97 Å². The molecule has 0 heterocycles. The first-order valence-corrected chi connectivity index (χ1v) is 6.83. The molecule has 2 N–H and O–H groups in total. The van der Waals surface area contributed by atoms with Crippen LogP contribution in [0.5, 0.6) is 5.75 Å². The molecule has 1 saturated carbocycles. The van der Waals surface area contributed by atoms with Crippen molar-refractivity contribution in [3.63, 3.8) is 0 Å². The first kappa shape index (κ1) is 13.7. The lowest BCUT2D eigenvalue weighted by atomic mass is 9.88. The fourth-order valence-electron chi connectivity index (χ4n) is 2.37. The molecule has 2 unspecified atom stereocenters. The van der Waals surface area contributed by atoms with Crippen LogP contribution in [0, 0.1) is 5.92 Å². The minimum absolute atomic E-state index is 0.0485. The number of rotatable bonds is 4. The maximum Gasteiger partial charge on any atom is 0.344 e. The molecule has 1 fully saturated rings. The van der Waals surface area contributed by atoms with Crippen molar-refractivity contribution in [2.24, 2.45) is 5.92 Å². The molecule has 0 bridgehead atoms. The SMILES string of the molecule is CC1CCCCC1OC(=O)COc1ccc(N)cc1. The van der Waals surface area contributed by atoms with Gasteiger partial charge in [0.05, 0.1) is 0 Å². The van der Waals surface area contributed by atoms with Gasteiger partial charge in [-0.15, -0.1) is 0 Å². The Morgan fingerprint density at radius 2 is 1.95 bits per heavy atom. The van der Waals surface area contributed by atoms with Gasteiger partial charge in [0.15, 0.2) is 6.61 Å². The van der Waals surface area contributed by atoms with Gasteiger partial charge in [-0.2, -0.15) is 0 Å². The number of hydrogen-bond donors (Lipinski definition) is 1. The fraction of sp³-hybridized carbons (Fsp3) is 0.533. The number of ether oxygens (including phenoxy) is 2. The predicted octanol–water partition coefficient (Wildman–Crippen LogP) is 2.77. The summed E-state index contributed by atoms with van der Waals surface area (Å²) in [6, 6.07) is 6.96. The molecule has 1 aliphatic rings.